The summed E-state index contributed by atoms with van der Waals surface area (Å²) in [6, 6.07) is 12.4. The van der Waals surface area contributed by atoms with Gasteiger partial charge in [-0.1, -0.05) is 25.1 Å². The first-order chi connectivity index (χ1) is 14.8. The van der Waals surface area contributed by atoms with Gasteiger partial charge in [0.25, 0.3) is 10.1 Å². The fourth-order valence-corrected chi connectivity index (χ4v) is 7.88. The Labute approximate surface area is 184 Å². The number of hydrogen-bond acceptors (Lipinski definition) is 5. The number of aromatic hydroxyl groups is 1. The van der Waals surface area contributed by atoms with Crippen molar-refractivity contribution in [2.45, 2.75) is 62.4 Å². The Morgan fingerprint density at radius 2 is 1.84 bits per heavy atom. The highest BCUT2D eigenvalue weighted by atomic mass is 32.2. The van der Waals surface area contributed by atoms with Crippen LogP contribution in [0.5, 0.6) is 11.5 Å². The molecule has 0 saturated heterocycles. The predicted molar refractivity (Wildman–Crippen MR) is 118 cm³/mol. The van der Waals surface area contributed by atoms with Crippen molar-refractivity contribution in [1.82, 2.24) is 0 Å². The molecule has 3 aliphatic rings. The Hall–Kier alpha value is -2.05. The molecule has 2 aromatic carbocycles. The van der Waals surface area contributed by atoms with Gasteiger partial charge in [0.15, 0.2) is 11.5 Å². The Morgan fingerprint density at radius 1 is 1.06 bits per heavy atom. The van der Waals surface area contributed by atoms with E-state index in [2.05, 4.69) is 6.92 Å². The average molecular weight is 443 g/mol. The van der Waals surface area contributed by atoms with Crippen molar-refractivity contribution in [3.05, 3.63) is 53.6 Å². The molecule has 2 fully saturated rings. The van der Waals surface area contributed by atoms with Crippen molar-refractivity contribution in [2.75, 3.05) is 7.11 Å². The summed E-state index contributed by atoms with van der Waals surface area (Å²) in [5, 5.41) is 10.2. The summed E-state index contributed by atoms with van der Waals surface area (Å²) in [6.07, 6.45) is 5.45. The van der Waals surface area contributed by atoms with E-state index >= 15 is 0 Å². The zero-order chi connectivity index (χ0) is 21.8. The lowest BCUT2D eigenvalue weighted by Crippen LogP contribution is -2.45. The van der Waals surface area contributed by atoms with Gasteiger partial charge in [0.05, 0.1) is 18.1 Å². The monoisotopic (exact) mass is 442 g/mol. The topological polar surface area (TPSA) is 72.8 Å². The first-order valence-electron chi connectivity index (χ1n) is 11.2. The molecule has 3 unspecified atom stereocenters. The van der Waals surface area contributed by atoms with Gasteiger partial charge in [0.1, 0.15) is 0 Å². The fraction of sp³-hybridized carbons (Fsp3) is 0.520. The number of benzene rings is 2. The minimum atomic E-state index is -3.77. The van der Waals surface area contributed by atoms with Crippen LogP contribution in [0.4, 0.5) is 0 Å². The molecule has 0 aliphatic heterocycles. The third-order valence-electron chi connectivity index (χ3n) is 8.21. The van der Waals surface area contributed by atoms with E-state index in [4.69, 9.17) is 8.92 Å². The summed E-state index contributed by atoms with van der Waals surface area (Å²) in [5.41, 5.74) is 2.39. The Morgan fingerprint density at radius 3 is 2.58 bits per heavy atom. The van der Waals surface area contributed by atoms with Crippen LogP contribution in [0.3, 0.4) is 0 Å². The minimum absolute atomic E-state index is 0.137. The van der Waals surface area contributed by atoms with Crippen molar-refractivity contribution < 1.29 is 22.4 Å². The van der Waals surface area contributed by atoms with Gasteiger partial charge < -0.3 is 9.84 Å². The number of methoxy groups -OCH3 is 1. The van der Waals surface area contributed by atoms with Crippen LogP contribution in [0, 0.1) is 17.3 Å². The number of fused-ring (bicyclic) bond motifs is 5. The maximum absolute atomic E-state index is 12.9. The van der Waals surface area contributed by atoms with Crippen LogP contribution in [-0.2, 0) is 20.7 Å². The van der Waals surface area contributed by atoms with E-state index in [1.807, 2.05) is 18.2 Å². The molecule has 3 aliphatic carbocycles. The first-order valence-corrected chi connectivity index (χ1v) is 12.6. The average Bonchev–Trinajstić information content (AvgIpc) is 3.09. The summed E-state index contributed by atoms with van der Waals surface area (Å²) < 4.78 is 37.0. The van der Waals surface area contributed by atoms with Gasteiger partial charge >= 0.3 is 0 Å². The van der Waals surface area contributed by atoms with Gasteiger partial charge in [0, 0.05) is 0 Å². The molecule has 0 bridgehead atoms. The lowest BCUT2D eigenvalue weighted by Gasteiger charge is -2.50. The second-order valence-electron chi connectivity index (χ2n) is 9.61. The van der Waals surface area contributed by atoms with E-state index < -0.39 is 10.1 Å². The Kier molecular flexibility index (Phi) is 5.05. The van der Waals surface area contributed by atoms with Crippen LogP contribution in [0.15, 0.2) is 47.4 Å². The van der Waals surface area contributed by atoms with Crippen molar-refractivity contribution in [2.24, 2.45) is 17.3 Å². The minimum Gasteiger partial charge on any atom is -0.504 e. The number of aryl methyl sites for hydroxylation is 1. The van der Waals surface area contributed by atoms with Gasteiger partial charge in [-0.25, -0.2) is 0 Å². The van der Waals surface area contributed by atoms with E-state index in [-0.39, 0.29) is 22.2 Å². The second-order valence-corrected chi connectivity index (χ2v) is 11.2. The molecule has 0 amide bonds. The third-order valence-corrected chi connectivity index (χ3v) is 9.55. The van der Waals surface area contributed by atoms with Crippen molar-refractivity contribution in [3.8, 4) is 11.5 Å². The Bertz CT molecular complexity index is 1080. The number of ether oxygens (including phenoxy) is 1. The van der Waals surface area contributed by atoms with Crippen LogP contribution >= 0.6 is 0 Å². The number of hydrogen-bond donors (Lipinski definition) is 1. The summed E-state index contributed by atoms with van der Waals surface area (Å²) in [7, 11) is -2.18. The molecule has 31 heavy (non-hydrogen) atoms. The summed E-state index contributed by atoms with van der Waals surface area (Å²) in [5.74, 6) is 2.12. The fourth-order valence-electron chi connectivity index (χ4n) is 6.66. The highest BCUT2D eigenvalue weighted by Gasteiger charge is 2.56. The Balaban J connectivity index is 1.41. The molecule has 166 valence electrons. The van der Waals surface area contributed by atoms with Crippen LogP contribution in [0.25, 0.3) is 0 Å². The van der Waals surface area contributed by atoms with Crippen LogP contribution < -0.4 is 4.74 Å². The number of phenols is 1. The van der Waals surface area contributed by atoms with Gasteiger partial charge in [0.2, 0.25) is 0 Å². The van der Waals surface area contributed by atoms with Crippen LogP contribution in [0.1, 0.15) is 56.1 Å². The SMILES string of the molecule is COc1cc2c(cc1O)CCC1C2CC[C@@]2(C)C1CC[C@@H]2OS(=O)(=O)c1ccccc1. The molecule has 0 aromatic heterocycles. The lowest BCUT2D eigenvalue weighted by molar-refractivity contribution is -0.00807. The van der Waals surface area contributed by atoms with Crippen molar-refractivity contribution in [1.29, 1.82) is 0 Å². The van der Waals surface area contributed by atoms with E-state index in [0.29, 0.717) is 23.5 Å². The van der Waals surface area contributed by atoms with Gasteiger partial charge in [-0.05, 0) is 97.1 Å². The van der Waals surface area contributed by atoms with E-state index in [1.165, 1.54) is 11.1 Å². The highest BCUT2D eigenvalue weighted by molar-refractivity contribution is 7.86. The number of rotatable bonds is 4. The maximum atomic E-state index is 12.9. The lowest BCUT2D eigenvalue weighted by atomic mass is 9.55. The quantitative estimate of drug-likeness (QED) is 0.672. The van der Waals surface area contributed by atoms with Gasteiger partial charge in [-0.2, -0.15) is 8.42 Å². The maximum Gasteiger partial charge on any atom is 0.297 e. The molecule has 2 aromatic rings. The summed E-state index contributed by atoms with van der Waals surface area (Å²) >= 11 is 0. The van der Waals surface area contributed by atoms with E-state index in [9.17, 15) is 13.5 Å². The highest BCUT2D eigenvalue weighted by Crippen LogP contribution is 2.62. The molecule has 1 N–H and O–H groups in total. The molecule has 6 heteroatoms. The van der Waals surface area contributed by atoms with Crippen molar-refractivity contribution in [3.63, 3.8) is 0 Å². The van der Waals surface area contributed by atoms with Gasteiger partial charge in [-0.15, -0.1) is 0 Å². The van der Waals surface area contributed by atoms with Crippen LogP contribution in [-0.4, -0.2) is 26.7 Å². The molecule has 0 heterocycles. The molecule has 5 atom stereocenters. The molecule has 5 rings (SSSR count). The number of phenolic OH excluding ortho intramolecular Hbond substituents is 1. The molecule has 0 radical (unpaired) electrons. The standard InChI is InChI=1S/C25H30O5S/c1-25-13-12-18-19(9-8-16-14-22(26)23(29-2)15-20(16)18)21(25)10-11-24(25)30-31(27,28)17-6-4-3-5-7-17/h3-7,14-15,18-19,21,24,26H,8-13H2,1-2H3/t18?,19?,21?,24-,25-/m0/s1. The third kappa shape index (κ3) is 3.35. The summed E-state index contributed by atoms with van der Waals surface area (Å²) in [4.78, 5) is 0.231. The largest absolute Gasteiger partial charge is 0.504 e. The summed E-state index contributed by atoms with van der Waals surface area (Å²) in [6.45, 7) is 2.24. The van der Waals surface area contributed by atoms with E-state index in [0.717, 1.165) is 38.5 Å². The zero-order valence-electron chi connectivity index (χ0n) is 18.1. The molecule has 0 spiro atoms. The molecular formula is C25H30O5S. The second kappa shape index (κ2) is 7.52. The first kappa shape index (κ1) is 20.8. The molecule has 2 saturated carbocycles. The predicted octanol–water partition coefficient (Wildman–Crippen LogP) is 5.03. The smallest absolute Gasteiger partial charge is 0.297 e. The van der Waals surface area contributed by atoms with Gasteiger partial charge in [-0.3, -0.25) is 4.18 Å². The molecular weight excluding hydrogens is 412 g/mol. The van der Waals surface area contributed by atoms with Crippen molar-refractivity contribution >= 4 is 10.1 Å². The van der Waals surface area contributed by atoms with Crippen LogP contribution in [0.2, 0.25) is 0 Å². The normalized spacial score (nSPS) is 32.1. The van der Waals surface area contributed by atoms with E-state index in [1.54, 1.807) is 31.4 Å². The molecule has 5 nitrogen and oxygen atoms in total. The zero-order valence-corrected chi connectivity index (χ0v) is 18.9.